The quantitative estimate of drug-likeness (QED) is 0.739. The van der Waals surface area contributed by atoms with Gasteiger partial charge in [-0.05, 0) is 6.42 Å². The second kappa shape index (κ2) is 4.55. The van der Waals surface area contributed by atoms with Crippen LogP contribution in [0.4, 0.5) is 0 Å². The molecule has 1 aromatic rings. The summed E-state index contributed by atoms with van der Waals surface area (Å²) in [4.78, 5) is 7.03. The number of nitrogens with one attached hydrogen (secondary N) is 1. The Kier molecular flexibility index (Phi) is 3.34. The number of rotatable bonds is 4. The van der Waals surface area contributed by atoms with E-state index in [4.69, 9.17) is 5.26 Å². The van der Waals surface area contributed by atoms with Crippen LogP contribution in [-0.2, 0) is 0 Å². The minimum atomic E-state index is -0.0556. The standard InChI is InChI=1S/C9H13N3/c1-2-3-4-8(7-10)9-11-5-6-12-9/h5-6,8H,2-4H2,1H3,(H,11,12). The highest BCUT2D eigenvalue weighted by atomic mass is 14.9. The Balaban J connectivity index is 2.53. The number of unbranched alkanes of at least 4 members (excludes halogenated alkanes) is 1. The molecular weight excluding hydrogens is 150 g/mol. The second-order valence-corrected chi connectivity index (χ2v) is 2.80. The van der Waals surface area contributed by atoms with E-state index in [1.807, 2.05) is 0 Å². The topological polar surface area (TPSA) is 52.5 Å². The van der Waals surface area contributed by atoms with Gasteiger partial charge in [0.25, 0.3) is 0 Å². The number of aromatic nitrogens is 2. The molecule has 0 bridgehead atoms. The zero-order valence-electron chi connectivity index (χ0n) is 7.25. The molecule has 1 rings (SSSR count). The number of nitriles is 1. The van der Waals surface area contributed by atoms with Crippen LogP contribution < -0.4 is 0 Å². The number of aromatic amines is 1. The van der Waals surface area contributed by atoms with E-state index in [2.05, 4.69) is 23.0 Å². The number of hydrogen-bond acceptors (Lipinski definition) is 2. The van der Waals surface area contributed by atoms with Gasteiger partial charge < -0.3 is 4.98 Å². The van der Waals surface area contributed by atoms with Crippen molar-refractivity contribution in [3.63, 3.8) is 0 Å². The van der Waals surface area contributed by atoms with Gasteiger partial charge in [0, 0.05) is 12.4 Å². The lowest BCUT2D eigenvalue weighted by Gasteiger charge is -2.03. The molecule has 0 aliphatic heterocycles. The first kappa shape index (κ1) is 8.79. The van der Waals surface area contributed by atoms with Gasteiger partial charge in [-0.3, -0.25) is 0 Å². The minimum absolute atomic E-state index is 0.0556. The summed E-state index contributed by atoms with van der Waals surface area (Å²) in [5.74, 6) is 0.742. The zero-order chi connectivity index (χ0) is 8.81. The minimum Gasteiger partial charge on any atom is -0.347 e. The summed E-state index contributed by atoms with van der Waals surface area (Å²) in [6.07, 6.45) is 6.55. The highest BCUT2D eigenvalue weighted by Gasteiger charge is 2.11. The third kappa shape index (κ3) is 2.09. The summed E-state index contributed by atoms with van der Waals surface area (Å²) in [6, 6.07) is 2.25. The van der Waals surface area contributed by atoms with Crippen molar-refractivity contribution in [1.82, 2.24) is 9.97 Å². The molecule has 0 amide bonds. The largest absolute Gasteiger partial charge is 0.347 e. The first-order valence-corrected chi connectivity index (χ1v) is 4.27. The van der Waals surface area contributed by atoms with Crippen LogP contribution in [0.5, 0.6) is 0 Å². The highest BCUT2D eigenvalue weighted by molar-refractivity contribution is 5.07. The van der Waals surface area contributed by atoms with Crippen molar-refractivity contribution in [2.75, 3.05) is 0 Å². The van der Waals surface area contributed by atoms with Gasteiger partial charge in [0.2, 0.25) is 0 Å². The number of H-pyrrole nitrogens is 1. The maximum Gasteiger partial charge on any atom is 0.123 e. The van der Waals surface area contributed by atoms with Crippen LogP contribution in [0.1, 0.15) is 37.9 Å². The summed E-state index contributed by atoms with van der Waals surface area (Å²) in [5, 5.41) is 8.81. The van der Waals surface area contributed by atoms with Crippen molar-refractivity contribution in [2.24, 2.45) is 0 Å². The van der Waals surface area contributed by atoms with Crippen molar-refractivity contribution in [3.8, 4) is 6.07 Å². The van der Waals surface area contributed by atoms with Crippen LogP contribution in [0.25, 0.3) is 0 Å². The van der Waals surface area contributed by atoms with Crippen molar-refractivity contribution in [1.29, 1.82) is 5.26 Å². The third-order valence-electron chi connectivity index (χ3n) is 1.85. The first-order chi connectivity index (χ1) is 5.88. The van der Waals surface area contributed by atoms with Crippen molar-refractivity contribution >= 4 is 0 Å². The molecule has 0 saturated carbocycles. The molecule has 0 aliphatic carbocycles. The summed E-state index contributed by atoms with van der Waals surface area (Å²) in [7, 11) is 0. The Morgan fingerprint density at radius 2 is 2.58 bits per heavy atom. The highest BCUT2D eigenvalue weighted by Crippen LogP contribution is 2.16. The van der Waals surface area contributed by atoms with Gasteiger partial charge in [0.15, 0.2) is 0 Å². The van der Waals surface area contributed by atoms with Gasteiger partial charge in [0.05, 0.1) is 6.07 Å². The third-order valence-corrected chi connectivity index (χ3v) is 1.85. The number of hydrogen-bond donors (Lipinski definition) is 1. The van der Waals surface area contributed by atoms with Gasteiger partial charge in [0.1, 0.15) is 11.7 Å². The summed E-state index contributed by atoms with van der Waals surface area (Å²) >= 11 is 0. The SMILES string of the molecule is CCCCC(C#N)c1ncc[nH]1. The first-order valence-electron chi connectivity index (χ1n) is 4.27. The van der Waals surface area contributed by atoms with E-state index >= 15 is 0 Å². The lowest BCUT2D eigenvalue weighted by atomic mass is 10.0. The number of nitrogens with zero attached hydrogens (tertiary/aromatic N) is 2. The molecule has 1 N–H and O–H groups in total. The molecular formula is C9H13N3. The average molecular weight is 163 g/mol. The second-order valence-electron chi connectivity index (χ2n) is 2.80. The summed E-state index contributed by atoms with van der Waals surface area (Å²) in [6.45, 7) is 2.12. The van der Waals surface area contributed by atoms with Crippen LogP contribution in [0.2, 0.25) is 0 Å². The normalized spacial score (nSPS) is 12.3. The summed E-state index contributed by atoms with van der Waals surface area (Å²) in [5.41, 5.74) is 0. The fraction of sp³-hybridized carbons (Fsp3) is 0.556. The van der Waals surface area contributed by atoms with Crippen LogP contribution in [0.3, 0.4) is 0 Å². The molecule has 0 spiro atoms. The van der Waals surface area contributed by atoms with E-state index in [1.54, 1.807) is 12.4 Å². The molecule has 3 nitrogen and oxygen atoms in total. The maximum atomic E-state index is 8.81. The van der Waals surface area contributed by atoms with E-state index < -0.39 is 0 Å². The predicted molar refractivity (Wildman–Crippen MR) is 46.5 cm³/mol. The molecule has 0 aromatic carbocycles. The van der Waals surface area contributed by atoms with Gasteiger partial charge in [-0.1, -0.05) is 19.8 Å². The fourth-order valence-electron chi connectivity index (χ4n) is 1.14. The molecule has 0 saturated heterocycles. The Bertz CT molecular complexity index is 245. The summed E-state index contributed by atoms with van der Waals surface area (Å²) < 4.78 is 0. The van der Waals surface area contributed by atoms with E-state index in [0.717, 1.165) is 25.1 Å². The maximum absolute atomic E-state index is 8.81. The number of imidazole rings is 1. The van der Waals surface area contributed by atoms with E-state index in [0.29, 0.717) is 0 Å². The molecule has 0 aliphatic rings. The molecule has 3 heteroatoms. The molecule has 0 fully saturated rings. The Labute approximate surface area is 72.4 Å². The van der Waals surface area contributed by atoms with E-state index in [1.165, 1.54) is 0 Å². The average Bonchev–Trinajstić information content (AvgIpc) is 2.59. The van der Waals surface area contributed by atoms with Crippen molar-refractivity contribution in [3.05, 3.63) is 18.2 Å². The zero-order valence-corrected chi connectivity index (χ0v) is 7.25. The smallest absolute Gasteiger partial charge is 0.123 e. The predicted octanol–water partition coefficient (Wildman–Crippen LogP) is 2.21. The molecule has 1 atom stereocenters. The van der Waals surface area contributed by atoms with Crippen molar-refractivity contribution in [2.45, 2.75) is 32.1 Å². The van der Waals surface area contributed by atoms with E-state index in [-0.39, 0.29) is 5.92 Å². The van der Waals surface area contributed by atoms with Crippen LogP contribution >= 0.6 is 0 Å². The molecule has 1 heterocycles. The van der Waals surface area contributed by atoms with Crippen molar-refractivity contribution < 1.29 is 0 Å². The monoisotopic (exact) mass is 163 g/mol. The molecule has 64 valence electrons. The fourth-order valence-corrected chi connectivity index (χ4v) is 1.14. The van der Waals surface area contributed by atoms with Gasteiger partial charge in [-0.2, -0.15) is 5.26 Å². The molecule has 1 unspecified atom stereocenters. The van der Waals surface area contributed by atoms with E-state index in [9.17, 15) is 0 Å². The van der Waals surface area contributed by atoms with Gasteiger partial charge >= 0.3 is 0 Å². The Hall–Kier alpha value is -1.30. The van der Waals surface area contributed by atoms with Gasteiger partial charge in [-0.25, -0.2) is 4.98 Å². The lowest BCUT2D eigenvalue weighted by molar-refractivity contribution is 0.649. The lowest BCUT2D eigenvalue weighted by Crippen LogP contribution is -1.97. The molecule has 12 heavy (non-hydrogen) atoms. The van der Waals surface area contributed by atoms with Crippen LogP contribution in [0.15, 0.2) is 12.4 Å². The van der Waals surface area contributed by atoms with Crippen LogP contribution in [-0.4, -0.2) is 9.97 Å². The van der Waals surface area contributed by atoms with Gasteiger partial charge in [-0.15, -0.1) is 0 Å². The molecule has 1 aromatic heterocycles. The molecule has 0 radical (unpaired) electrons. The Morgan fingerprint density at radius 1 is 1.75 bits per heavy atom. The Morgan fingerprint density at radius 3 is 3.08 bits per heavy atom. The van der Waals surface area contributed by atoms with Crippen LogP contribution in [0, 0.1) is 11.3 Å².